The van der Waals surface area contributed by atoms with Crippen LogP contribution in [0.1, 0.15) is 19.8 Å². The summed E-state index contributed by atoms with van der Waals surface area (Å²) < 4.78 is 0. The maximum absolute atomic E-state index is 12.2. The first-order valence-electron chi connectivity index (χ1n) is 7.84. The minimum absolute atomic E-state index is 0.0509. The number of halogens is 1. The highest BCUT2D eigenvalue weighted by Gasteiger charge is 2.11. The fraction of sp³-hybridized carbons (Fsp3) is 0.333. The minimum atomic E-state index is -0.0914. The summed E-state index contributed by atoms with van der Waals surface area (Å²) in [5, 5.41) is 6.30. The fourth-order valence-corrected chi connectivity index (χ4v) is 2.25. The van der Waals surface area contributed by atoms with Crippen molar-refractivity contribution in [2.45, 2.75) is 19.8 Å². The second-order valence-corrected chi connectivity index (χ2v) is 5.63. The van der Waals surface area contributed by atoms with Gasteiger partial charge in [-0.25, -0.2) is 0 Å². The van der Waals surface area contributed by atoms with Gasteiger partial charge in [-0.1, -0.05) is 30.7 Å². The average Bonchev–Trinajstić information content (AvgIpc) is 2.55. The van der Waals surface area contributed by atoms with E-state index < -0.39 is 0 Å². The Morgan fingerprint density at radius 3 is 2.50 bits per heavy atom. The van der Waals surface area contributed by atoms with Gasteiger partial charge in [-0.3, -0.25) is 9.59 Å². The molecule has 0 radical (unpaired) electrons. The highest BCUT2D eigenvalue weighted by Crippen LogP contribution is 2.25. The van der Waals surface area contributed by atoms with Crippen LogP contribution in [0.25, 0.3) is 0 Å². The second kappa shape index (κ2) is 10.5. The van der Waals surface area contributed by atoms with Gasteiger partial charge in [0.15, 0.2) is 0 Å². The zero-order chi connectivity index (χ0) is 17.9. The number of anilines is 2. The van der Waals surface area contributed by atoms with Crippen molar-refractivity contribution in [1.29, 1.82) is 0 Å². The number of nitrogens with one attached hydrogen (secondary N) is 2. The van der Waals surface area contributed by atoms with Gasteiger partial charge in [0.2, 0.25) is 11.8 Å². The van der Waals surface area contributed by atoms with E-state index in [-0.39, 0.29) is 18.4 Å². The summed E-state index contributed by atoms with van der Waals surface area (Å²) >= 11 is 6.15. The fourth-order valence-electron chi connectivity index (χ4n) is 2.06. The molecular weight excluding hydrogens is 326 g/mol. The molecule has 0 aliphatic rings. The van der Waals surface area contributed by atoms with Crippen molar-refractivity contribution in [3.63, 3.8) is 0 Å². The minimum Gasteiger partial charge on any atom is -0.375 e. The highest BCUT2D eigenvalue weighted by molar-refractivity contribution is 6.33. The van der Waals surface area contributed by atoms with Crippen molar-refractivity contribution in [2.75, 3.05) is 30.3 Å². The average molecular weight is 350 g/mol. The number of nitrogens with zero attached hydrogens (tertiary/aromatic N) is 1. The van der Waals surface area contributed by atoms with Crippen LogP contribution in [0.3, 0.4) is 0 Å². The largest absolute Gasteiger partial charge is 0.375 e. The van der Waals surface area contributed by atoms with Crippen molar-refractivity contribution >= 4 is 34.8 Å². The molecule has 0 aromatic heterocycles. The van der Waals surface area contributed by atoms with Gasteiger partial charge >= 0.3 is 0 Å². The molecule has 0 bridgehead atoms. The lowest BCUT2D eigenvalue weighted by atomic mass is 10.2. The summed E-state index contributed by atoms with van der Waals surface area (Å²) in [7, 11) is 0. The van der Waals surface area contributed by atoms with Gasteiger partial charge in [0.1, 0.15) is 0 Å². The Balaban J connectivity index is 2.72. The topological polar surface area (TPSA) is 61.4 Å². The zero-order valence-corrected chi connectivity index (χ0v) is 14.7. The van der Waals surface area contributed by atoms with Crippen LogP contribution in [-0.2, 0) is 9.59 Å². The Labute approximate surface area is 148 Å². The Kier molecular flexibility index (Phi) is 8.65. The van der Waals surface area contributed by atoms with Crippen molar-refractivity contribution in [3.8, 4) is 0 Å². The number of rotatable bonds is 10. The molecule has 0 spiro atoms. The molecule has 0 heterocycles. The molecule has 0 fully saturated rings. The van der Waals surface area contributed by atoms with Crippen LogP contribution in [0.5, 0.6) is 0 Å². The van der Waals surface area contributed by atoms with E-state index in [0.717, 1.165) is 6.42 Å². The van der Waals surface area contributed by atoms with Crippen LogP contribution in [0.4, 0.5) is 11.4 Å². The van der Waals surface area contributed by atoms with Crippen LogP contribution in [-0.4, -0.2) is 36.3 Å². The molecular formula is C18H24ClN3O2. The van der Waals surface area contributed by atoms with E-state index in [2.05, 4.69) is 23.8 Å². The number of hydrogen-bond donors (Lipinski definition) is 2. The van der Waals surface area contributed by atoms with E-state index in [1.807, 2.05) is 6.92 Å². The van der Waals surface area contributed by atoms with E-state index in [9.17, 15) is 9.59 Å². The molecule has 5 nitrogen and oxygen atoms in total. The van der Waals surface area contributed by atoms with Gasteiger partial charge in [-0.15, -0.1) is 13.2 Å². The Bertz CT molecular complexity index is 592. The molecule has 0 saturated heterocycles. The highest BCUT2D eigenvalue weighted by atomic mass is 35.5. The SMILES string of the molecule is C=CCN(CC=C)C(=O)CNc1cc(NC(=O)CCC)ccc1Cl. The number of amides is 2. The summed E-state index contributed by atoms with van der Waals surface area (Å²) in [6.07, 6.45) is 4.57. The van der Waals surface area contributed by atoms with Gasteiger partial charge in [-0.05, 0) is 24.6 Å². The summed E-state index contributed by atoms with van der Waals surface area (Å²) in [5.41, 5.74) is 1.23. The normalized spacial score (nSPS) is 9.92. The third-order valence-electron chi connectivity index (χ3n) is 3.21. The Hall–Kier alpha value is -2.27. The van der Waals surface area contributed by atoms with Crippen LogP contribution in [0.15, 0.2) is 43.5 Å². The van der Waals surface area contributed by atoms with E-state index in [1.54, 1.807) is 35.3 Å². The molecule has 0 saturated carbocycles. The monoisotopic (exact) mass is 349 g/mol. The van der Waals surface area contributed by atoms with Crippen molar-refractivity contribution in [1.82, 2.24) is 4.90 Å². The maximum Gasteiger partial charge on any atom is 0.242 e. The lowest BCUT2D eigenvalue weighted by Crippen LogP contribution is -2.35. The van der Waals surface area contributed by atoms with Gasteiger partial charge in [0.25, 0.3) is 0 Å². The number of benzene rings is 1. The Morgan fingerprint density at radius 2 is 1.92 bits per heavy atom. The molecule has 0 aliphatic carbocycles. The molecule has 24 heavy (non-hydrogen) atoms. The predicted molar refractivity (Wildman–Crippen MR) is 100 cm³/mol. The molecule has 0 aliphatic heterocycles. The smallest absolute Gasteiger partial charge is 0.242 e. The Morgan fingerprint density at radius 1 is 1.25 bits per heavy atom. The molecule has 0 unspecified atom stereocenters. The summed E-state index contributed by atoms with van der Waals surface area (Å²) in [6, 6.07) is 5.13. The standard InChI is InChI=1S/C18H24ClN3O2/c1-4-7-17(23)21-14-8-9-15(19)16(12-14)20-13-18(24)22(10-5-2)11-6-3/h5-6,8-9,12,20H,2-4,7,10-11,13H2,1H3,(H,21,23). The van der Waals surface area contributed by atoms with Crippen LogP contribution >= 0.6 is 11.6 Å². The van der Waals surface area contributed by atoms with Crippen molar-refractivity contribution in [2.24, 2.45) is 0 Å². The van der Waals surface area contributed by atoms with Crippen LogP contribution in [0, 0.1) is 0 Å². The van der Waals surface area contributed by atoms with Gasteiger partial charge < -0.3 is 15.5 Å². The maximum atomic E-state index is 12.2. The quantitative estimate of drug-likeness (QED) is 0.633. The zero-order valence-electron chi connectivity index (χ0n) is 14.0. The molecule has 1 aromatic carbocycles. The lowest BCUT2D eigenvalue weighted by molar-refractivity contribution is -0.128. The van der Waals surface area contributed by atoms with Gasteiger partial charge in [0.05, 0.1) is 17.3 Å². The summed E-state index contributed by atoms with van der Waals surface area (Å²) in [6.45, 7) is 10.2. The van der Waals surface area contributed by atoms with Crippen molar-refractivity contribution in [3.05, 3.63) is 48.5 Å². The molecule has 0 atom stereocenters. The first kappa shape index (κ1) is 19.8. The molecule has 1 rings (SSSR count). The molecule has 130 valence electrons. The van der Waals surface area contributed by atoms with E-state index >= 15 is 0 Å². The third kappa shape index (κ3) is 6.46. The number of carbonyl (C=O) groups is 2. The first-order chi connectivity index (χ1) is 11.5. The molecule has 2 amide bonds. The molecule has 2 N–H and O–H groups in total. The molecule has 6 heteroatoms. The van der Waals surface area contributed by atoms with Crippen molar-refractivity contribution < 1.29 is 9.59 Å². The summed E-state index contributed by atoms with van der Waals surface area (Å²) in [4.78, 5) is 25.5. The number of hydrogen-bond acceptors (Lipinski definition) is 3. The summed E-state index contributed by atoms with van der Waals surface area (Å²) in [5.74, 6) is -0.142. The van der Waals surface area contributed by atoms with E-state index in [1.165, 1.54) is 0 Å². The van der Waals surface area contributed by atoms with Gasteiger partial charge in [-0.2, -0.15) is 0 Å². The first-order valence-corrected chi connectivity index (χ1v) is 8.22. The molecule has 1 aromatic rings. The van der Waals surface area contributed by atoms with Crippen LogP contribution in [0.2, 0.25) is 5.02 Å². The second-order valence-electron chi connectivity index (χ2n) is 5.22. The number of carbonyl (C=O) groups excluding carboxylic acids is 2. The predicted octanol–water partition coefficient (Wildman–Crippen LogP) is 3.69. The lowest BCUT2D eigenvalue weighted by Gasteiger charge is -2.20. The van der Waals surface area contributed by atoms with E-state index in [0.29, 0.717) is 35.9 Å². The van der Waals surface area contributed by atoms with Gasteiger partial charge in [0, 0.05) is 25.2 Å². The van der Waals surface area contributed by atoms with E-state index in [4.69, 9.17) is 11.6 Å². The van der Waals surface area contributed by atoms with Crippen LogP contribution < -0.4 is 10.6 Å². The third-order valence-corrected chi connectivity index (χ3v) is 3.54.